The molecule has 0 aliphatic rings. The van der Waals surface area contributed by atoms with Crippen molar-refractivity contribution in [3.63, 3.8) is 0 Å². The maximum atomic E-state index is 12.8. The van der Waals surface area contributed by atoms with Crippen LogP contribution < -0.4 is 0 Å². The van der Waals surface area contributed by atoms with E-state index in [0.717, 1.165) is 38.5 Å². The first kappa shape index (κ1) is 61.0. The first-order valence-electron chi connectivity index (χ1n) is 26.9. The van der Waals surface area contributed by atoms with Gasteiger partial charge in [-0.05, 0) is 38.5 Å². The van der Waals surface area contributed by atoms with Gasteiger partial charge in [-0.25, -0.2) is 4.79 Å². The van der Waals surface area contributed by atoms with Crippen molar-refractivity contribution in [2.24, 2.45) is 0 Å². The molecule has 0 saturated heterocycles. The van der Waals surface area contributed by atoms with Gasteiger partial charge in [0.25, 0.3) is 6.29 Å². The molecular weight excluding hydrogens is 791 g/mol. The third-order valence-electron chi connectivity index (χ3n) is 12.0. The minimum atomic E-state index is -1.50. The van der Waals surface area contributed by atoms with Crippen LogP contribution in [0.25, 0.3) is 0 Å². The molecule has 0 aromatic heterocycles. The van der Waals surface area contributed by atoms with Crippen LogP contribution in [0.3, 0.4) is 0 Å². The Balaban J connectivity index is 4.20. The highest BCUT2D eigenvalue weighted by molar-refractivity contribution is 5.71. The molecule has 0 aromatic rings. The monoisotopic (exact) mass is 895 g/mol. The van der Waals surface area contributed by atoms with Crippen molar-refractivity contribution in [1.29, 1.82) is 0 Å². The fourth-order valence-electron chi connectivity index (χ4n) is 7.83. The molecule has 0 amide bonds. The Morgan fingerprint density at radius 3 is 1.17 bits per heavy atom. The van der Waals surface area contributed by atoms with Crippen molar-refractivity contribution in [3.05, 3.63) is 12.2 Å². The first-order valence-corrected chi connectivity index (χ1v) is 26.9. The van der Waals surface area contributed by atoms with Crippen molar-refractivity contribution in [1.82, 2.24) is 0 Å². The van der Waals surface area contributed by atoms with Crippen LogP contribution in [0, 0.1) is 0 Å². The molecule has 0 aromatic carbocycles. The van der Waals surface area contributed by atoms with E-state index in [1.54, 1.807) is 0 Å². The number of likely N-dealkylation sites (N-methyl/N-ethyl adjacent to an activating group) is 1. The molecule has 63 heavy (non-hydrogen) atoms. The van der Waals surface area contributed by atoms with Crippen LogP contribution in [-0.4, -0.2) is 87.4 Å². The van der Waals surface area contributed by atoms with Gasteiger partial charge in [-0.15, -0.1) is 0 Å². The number of ether oxygens (including phenoxy) is 4. The van der Waals surface area contributed by atoms with E-state index < -0.39 is 18.4 Å². The molecule has 0 aliphatic carbocycles. The van der Waals surface area contributed by atoms with Crippen molar-refractivity contribution >= 4 is 17.9 Å². The molecule has 0 heterocycles. The van der Waals surface area contributed by atoms with Crippen LogP contribution in [0.4, 0.5) is 0 Å². The van der Waals surface area contributed by atoms with Gasteiger partial charge in [-0.2, -0.15) is 0 Å². The quantitative estimate of drug-likeness (QED) is 0.0211. The van der Waals surface area contributed by atoms with Gasteiger partial charge in [-0.3, -0.25) is 9.59 Å². The first-order chi connectivity index (χ1) is 30.6. The lowest BCUT2D eigenvalue weighted by Crippen LogP contribution is -2.40. The zero-order chi connectivity index (χ0) is 46.3. The van der Waals surface area contributed by atoms with Crippen LogP contribution in [0.2, 0.25) is 0 Å². The van der Waals surface area contributed by atoms with E-state index in [0.29, 0.717) is 17.4 Å². The second kappa shape index (κ2) is 46.6. The van der Waals surface area contributed by atoms with Gasteiger partial charge in [-0.1, -0.05) is 219 Å². The molecule has 0 rings (SSSR count). The average Bonchev–Trinajstić information content (AvgIpc) is 3.24. The molecule has 2 atom stereocenters. The summed E-state index contributed by atoms with van der Waals surface area (Å²) in [6.07, 6.45) is 48.5. The molecule has 9 nitrogen and oxygen atoms in total. The number of nitrogens with zero attached hydrogens (tertiary/aromatic N) is 1. The number of allylic oxidation sites excluding steroid dienone is 2. The number of aliphatic carboxylic acids is 1. The van der Waals surface area contributed by atoms with Crippen molar-refractivity contribution in [2.45, 2.75) is 270 Å². The number of unbranched alkanes of at least 4 members (excludes halogenated alkanes) is 33. The van der Waals surface area contributed by atoms with E-state index in [4.69, 9.17) is 18.9 Å². The van der Waals surface area contributed by atoms with Crippen molar-refractivity contribution < 1.29 is 42.9 Å². The predicted octanol–water partition coefficient (Wildman–Crippen LogP) is 15.0. The molecule has 0 fully saturated rings. The molecule has 0 aliphatic heterocycles. The zero-order valence-corrected chi connectivity index (χ0v) is 42.3. The van der Waals surface area contributed by atoms with E-state index in [9.17, 15) is 19.5 Å². The Labute approximate surface area is 389 Å². The minimum Gasteiger partial charge on any atom is -0.477 e. The number of esters is 2. The Bertz CT molecular complexity index is 1040. The highest BCUT2D eigenvalue weighted by atomic mass is 16.7. The molecule has 372 valence electrons. The molecule has 0 spiro atoms. The summed E-state index contributed by atoms with van der Waals surface area (Å²) in [5.74, 6) is -1.99. The fraction of sp³-hybridized carbons (Fsp3) is 0.907. The molecule has 9 heteroatoms. The van der Waals surface area contributed by atoms with Gasteiger partial charge in [0.15, 0.2) is 6.10 Å². The molecule has 1 N–H and O–H groups in total. The third kappa shape index (κ3) is 47.8. The summed E-state index contributed by atoms with van der Waals surface area (Å²) in [5.41, 5.74) is 0. The van der Waals surface area contributed by atoms with E-state index in [1.807, 2.05) is 21.1 Å². The van der Waals surface area contributed by atoms with Crippen LogP contribution in [0.15, 0.2) is 12.2 Å². The smallest absolute Gasteiger partial charge is 0.361 e. The summed E-state index contributed by atoms with van der Waals surface area (Å²) in [4.78, 5) is 37.3. The van der Waals surface area contributed by atoms with Gasteiger partial charge in [0.2, 0.25) is 0 Å². The predicted molar refractivity (Wildman–Crippen MR) is 263 cm³/mol. The van der Waals surface area contributed by atoms with E-state index in [1.165, 1.54) is 193 Å². The van der Waals surface area contributed by atoms with Gasteiger partial charge in [0.1, 0.15) is 13.2 Å². The minimum absolute atomic E-state index is 0.175. The summed E-state index contributed by atoms with van der Waals surface area (Å²) in [6.45, 7) is 4.91. The van der Waals surface area contributed by atoms with E-state index >= 15 is 0 Å². The topological polar surface area (TPSA) is 108 Å². The number of carboxylic acids is 1. The largest absolute Gasteiger partial charge is 0.477 e. The normalized spacial score (nSPS) is 12.8. The van der Waals surface area contributed by atoms with Crippen LogP contribution in [-0.2, 0) is 33.3 Å². The second-order valence-electron chi connectivity index (χ2n) is 19.5. The zero-order valence-electron chi connectivity index (χ0n) is 42.3. The number of hydrogen-bond acceptors (Lipinski definition) is 7. The Morgan fingerprint density at radius 2 is 0.810 bits per heavy atom. The van der Waals surface area contributed by atoms with Crippen molar-refractivity contribution in [2.75, 3.05) is 47.5 Å². The van der Waals surface area contributed by atoms with Gasteiger partial charge >= 0.3 is 17.9 Å². The van der Waals surface area contributed by atoms with Crippen LogP contribution >= 0.6 is 0 Å². The Hall–Kier alpha value is -1.97. The average molecular weight is 895 g/mol. The lowest BCUT2D eigenvalue weighted by molar-refractivity contribution is -0.870. The SMILES string of the molecule is CCCCCCCCCC/C=C\CCCCCCCCCCCCCCCC(=O)OC(COC(=O)CCCCCCCCCCCCCCC)COC(OCC[N+](C)(C)C)C(=O)O. The third-order valence-corrected chi connectivity index (χ3v) is 12.0. The summed E-state index contributed by atoms with van der Waals surface area (Å²) in [6, 6.07) is 0. The number of carbonyl (C=O) groups excluding carboxylic acids is 2. The summed E-state index contributed by atoms with van der Waals surface area (Å²) < 4.78 is 22.8. The van der Waals surface area contributed by atoms with Gasteiger partial charge in [0.05, 0.1) is 34.4 Å². The highest BCUT2D eigenvalue weighted by Gasteiger charge is 2.25. The molecule has 0 bridgehead atoms. The maximum Gasteiger partial charge on any atom is 0.361 e. The molecular formula is C54H104NO8+. The Kier molecular flexibility index (Phi) is 45.1. The lowest BCUT2D eigenvalue weighted by atomic mass is 10.0. The highest BCUT2D eigenvalue weighted by Crippen LogP contribution is 2.16. The Morgan fingerprint density at radius 1 is 0.460 bits per heavy atom. The summed E-state index contributed by atoms with van der Waals surface area (Å²) in [5, 5.41) is 9.67. The second-order valence-corrected chi connectivity index (χ2v) is 19.5. The van der Waals surface area contributed by atoms with Crippen molar-refractivity contribution in [3.8, 4) is 0 Å². The number of quaternary nitrogens is 1. The summed E-state index contributed by atoms with van der Waals surface area (Å²) >= 11 is 0. The van der Waals surface area contributed by atoms with E-state index in [-0.39, 0.29) is 38.2 Å². The standard InChI is InChI=1S/C54H103NO8/c1-6-8-10-12-14-16-18-20-21-22-23-24-25-26-27-28-29-30-31-33-35-37-39-41-43-45-52(57)63-50(49-62-54(53(58)59)60-47-46-55(3,4)5)48-61-51(56)44-42-40-38-36-34-32-19-17-15-13-11-9-7-2/h22-23,50,54H,6-21,24-49H2,1-5H3/p+1/b23-22-. The summed E-state index contributed by atoms with van der Waals surface area (Å²) in [7, 11) is 5.97. The van der Waals surface area contributed by atoms with Gasteiger partial charge in [0, 0.05) is 12.8 Å². The number of carbonyl (C=O) groups is 3. The lowest BCUT2D eigenvalue weighted by Gasteiger charge is -2.25. The fourth-order valence-corrected chi connectivity index (χ4v) is 7.83. The maximum absolute atomic E-state index is 12.8. The molecule has 0 saturated carbocycles. The number of carboxylic acid groups (broad SMARTS) is 1. The van der Waals surface area contributed by atoms with Crippen LogP contribution in [0.1, 0.15) is 258 Å². The van der Waals surface area contributed by atoms with E-state index in [2.05, 4.69) is 26.0 Å². The number of rotatable bonds is 50. The molecule has 2 unspecified atom stereocenters. The number of hydrogen-bond donors (Lipinski definition) is 1. The molecule has 0 radical (unpaired) electrons. The van der Waals surface area contributed by atoms with Crippen LogP contribution in [0.5, 0.6) is 0 Å². The van der Waals surface area contributed by atoms with Gasteiger partial charge < -0.3 is 28.5 Å².